The van der Waals surface area contributed by atoms with Crippen molar-refractivity contribution in [2.75, 3.05) is 5.32 Å². The Balaban J connectivity index is 2.74. The Labute approximate surface area is 74.9 Å². The van der Waals surface area contributed by atoms with Crippen LogP contribution in [0.15, 0.2) is 24.1 Å². The van der Waals surface area contributed by atoms with E-state index in [0.717, 1.165) is 10.6 Å². The molecule has 1 rings (SSSR count). The van der Waals surface area contributed by atoms with E-state index in [1.807, 2.05) is 11.4 Å². The number of hydrogen-bond acceptors (Lipinski definition) is 3. The predicted octanol–water partition coefficient (Wildman–Crippen LogP) is 1.33. The number of rotatable bonds is 3. The Bertz CT molecular complexity index is 293. The van der Waals surface area contributed by atoms with Crippen molar-refractivity contribution in [3.8, 4) is 0 Å². The smallest absolute Gasteiger partial charge is 0.247 e. The Kier molecular flexibility index (Phi) is 3.01. The molecule has 0 radical (unpaired) electrons. The number of carbonyl (C=O) groups excluding carboxylic acids is 1. The maximum Gasteiger partial charge on any atom is 0.247 e. The fourth-order valence-electron chi connectivity index (χ4n) is 0.794. The molecule has 0 saturated carbocycles. The molecule has 3 nitrogen and oxygen atoms in total. The van der Waals surface area contributed by atoms with Gasteiger partial charge in [-0.2, -0.15) is 0 Å². The molecule has 1 heterocycles. The summed E-state index contributed by atoms with van der Waals surface area (Å²) in [6.45, 7) is 3.81. The third kappa shape index (κ3) is 1.93. The van der Waals surface area contributed by atoms with E-state index in [2.05, 4.69) is 11.9 Å². The lowest BCUT2D eigenvalue weighted by atomic mass is 10.4. The largest absolute Gasteiger partial charge is 0.326 e. The van der Waals surface area contributed by atoms with Crippen molar-refractivity contribution in [3.63, 3.8) is 0 Å². The van der Waals surface area contributed by atoms with Gasteiger partial charge in [0.2, 0.25) is 5.91 Å². The molecule has 12 heavy (non-hydrogen) atoms. The Morgan fingerprint density at radius 2 is 2.58 bits per heavy atom. The van der Waals surface area contributed by atoms with Gasteiger partial charge in [0.15, 0.2) is 0 Å². The lowest BCUT2D eigenvalue weighted by molar-refractivity contribution is -0.111. The number of amides is 1. The van der Waals surface area contributed by atoms with Crippen LogP contribution in [0.5, 0.6) is 0 Å². The summed E-state index contributed by atoms with van der Waals surface area (Å²) in [6, 6.07) is 1.83. The SMILES string of the molecule is C=CC(=O)Nc1ccsc1CN. The monoisotopic (exact) mass is 182 g/mol. The van der Waals surface area contributed by atoms with Gasteiger partial charge in [0.1, 0.15) is 0 Å². The number of anilines is 1. The maximum absolute atomic E-state index is 10.9. The molecule has 0 fully saturated rings. The quantitative estimate of drug-likeness (QED) is 0.693. The number of nitrogens with one attached hydrogen (secondary N) is 1. The van der Waals surface area contributed by atoms with Crippen LogP contribution in [0, 0.1) is 0 Å². The number of nitrogens with two attached hydrogens (primary N) is 1. The standard InChI is InChI=1S/C8H10N2OS/c1-2-8(11)10-6-3-4-12-7(6)5-9/h2-4H,1,5,9H2,(H,10,11). The van der Waals surface area contributed by atoms with Crippen molar-refractivity contribution >= 4 is 22.9 Å². The highest BCUT2D eigenvalue weighted by Gasteiger charge is 2.03. The molecule has 1 aromatic heterocycles. The van der Waals surface area contributed by atoms with Crippen LogP contribution in [0.4, 0.5) is 5.69 Å². The van der Waals surface area contributed by atoms with Crippen LogP contribution in [0.2, 0.25) is 0 Å². The fraction of sp³-hybridized carbons (Fsp3) is 0.125. The topological polar surface area (TPSA) is 55.1 Å². The molecular formula is C8H10N2OS. The minimum absolute atomic E-state index is 0.205. The van der Waals surface area contributed by atoms with E-state index in [-0.39, 0.29) is 5.91 Å². The van der Waals surface area contributed by atoms with Gasteiger partial charge in [-0.15, -0.1) is 11.3 Å². The third-order valence-corrected chi connectivity index (χ3v) is 2.32. The number of thiophene rings is 1. The highest BCUT2D eigenvalue weighted by atomic mass is 32.1. The molecule has 4 heteroatoms. The first-order chi connectivity index (χ1) is 5.77. The second kappa shape index (κ2) is 4.04. The lowest BCUT2D eigenvalue weighted by Gasteiger charge is -2.00. The van der Waals surface area contributed by atoms with E-state index < -0.39 is 0 Å². The molecular weight excluding hydrogens is 172 g/mol. The first-order valence-corrected chi connectivity index (χ1v) is 4.35. The molecule has 0 unspecified atom stereocenters. The molecule has 1 amide bonds. The van der Waals surface area contributed by atoms with Crippen LogP contribution >= 0.6 is 11.3 Å². The Morgan fingerprint density at radius 3 is 3.17 bits per heavy atom. The van der Waals surface area contributed by atoms with E-state index in [1.54, 1.807) is 0 Å². The van der Waals surface area contributed by atoms with Gasteiger partial charge >= 0.3 is 0 Å². The Morgan fingerprint density at radius 1 is 1.83 bits per heavy atom. The summed E-state index contributed by atoms with van der Waals surface area (Å²) in [5, 5.41) is 4.55. The van der Waals surface area contributed by atoms with Gasteiger partial charge in [0.25, 0.3) is 0 Å². The minimum atomic E-state index is -0.205. The highest BCUT2D eigenvalue weighted by molar-refractivity contribution is 7.10. The van der Waals surface area contributed by atoms with Gasteiger partial charge in [-0.3, -0.25) is 4.79 Å². The van der Waals surface area contributed by atoms with Gasteiger partial charge in [0.05, 0.1) is 5.69 Å². The van der Waals surface area contributed by atoms with Crippen molar-refractivity contribution in [1.29, 1.82) is 0 Å². The Hall–Kier alpha value is -1.13. The minimum Gasteiger partial charge on any atom is -0.326 e. The van der Waals surface area contributed by atoms with E-state index in [0.29, 0.717) is 6.54 Å². The molecule has 3 N–H and O–H groups in total. The van der Waals surface area contributed by atoms with E-state index >= 15 is 0 Å². The van der Waals surface area contributed by atoms with Gasteiger partial charge < -0.3 is 11.1 Å². The third-order valence-electron chi connectivity index (χ3n) is 1.37. The van der Waals surface area contributed by atoms with Crippen LogP contribution in [-0.4, -0.2) is 5.91 Å². The maximum atomic E-state index is 10.9. The van der Waals surface area contributed by atoms with Crippen molar-refractivity contribution in [3.05, 3.63) is 29.0 Å². The molecule has 0 aliphatic rings. The predicted molar refractivity (Wildman–Crippen MR) is 51.0 cm³/mol. The van der Waals surface area contributed by atoms with Crippen molar-refractivity contribution < 1.29 is 4.79 Å². The summed E-state index contributed by atoms with van der Waals surface area (Å²) >= 11 is 1.53. The molecule has 0 aromatic carbocycles. The van der Waals surface area contributed by atoms with Crippen molar-refractivity contribution in [2.45, 2.75) is 6.54 Å². The second-order valence-electron chi connectivity index (χ2n) is 2.15. The van der Waals surface area contributed by atoms with Gasteiger partial charge in [0, 0.05) is 11.4 Å². The van der Waals surface area contributed by atoms with Crippen molar-refractivity contribution in [2.24, 2.45) is 5.73 Å². The number of hydrogen-bond donors (Lipinski definition) is 2. The summed E-state index contributed by atoms with van der Waals surface area (Å²) in [4.78, 5) is 11.9. The van der Waals surface area contributed by atoms with Crippen LogP contribution in [-0.2, 0) is 11.3 Å². The van der Waals surface area contributed by atoms with Gasteiger partial charge in [-0.05, 0) is 17.5 Å². The zero-order chi connectivity index (χ0) is 8.97. The highest BCUT2D eigenvalue weighted by Crippen LogP contribution is 2.21. The average Bonchev–Trinajstić information content (AvgIpc) is 2.51. The summed E-state index contributed by atoms with van der Waals surface area (Å²) in [5.41, 5.74) is 6.23. The first kappa shape index (κ1) is 8.96. The number of carbonyl (C=O) groups is 1. The molecule has 0 spiro atoms. The first-order valence-electron chi connectivity index (χ1n) is 3.47. The van der Waals surface area contributed by atoms with E-state index in [9.17, 15) is 4.79 Å². The average molecular weight is 182 g/mol. The molecule has 0 aliphatic heterocycles. The molecule has 0 atom stereocenters. The second-order valence-corrected chi connectivity index (χ2v) is 3.16. The summed E-state index contributed by atoms with van der Waals surface area (Å²) in [5.74, 6) is -0.205. The molecule has 64 valence electrons. The van der Waals surface area contributed by atoms with E-state index in [4.69, 9.17) is 5.73 Å². The van der Waals surface area contributed by atoms with Crippen molar-refractivity contribution in [1.82, 2.24) is 0 Å². The molecule has 1 aromatic rings. The van der Waals surface area contributed by atoms with Crippen LogP contribution in [0.25, 0.3) is 0 Å². The molecule has 0 saturated heterocycles. The zero-order valence-electron chi connectivity index (χ0n) is 6.54. The molecule has 0 aliphatic carbocycles. The lowest BCUT2D eigenvalue weighted by Crippen LogP contribution is -2.08. The normalized spacial score (nSPS) is 9.42. The van der Waals surface area contributed by atoms with Crippen LogP contribution < -0.4 is 11.1 Å². The van der Waals surface area contributed by atoms with Crippen LogP contribution in [0.1, 0.15) is 4.88 Å². The van der Waals surface area contributed by atoms with Gasteiger partial charge in [-0.25, -0.2) is 0 Å². The fourth-order valence-corrected chi connectivity index (χ4v) is 1.50. The van der Waals surface area contributed by atoms with Gasteiger partial charge in [-0.1, -0.05) is 6.58 Å². The zero-order valence-corrected chi connectivity index (χ0v) is 7.36. The molecule has 0 bridgehead atoms. The summed E-state index contributed by atoms with van der Waals surface area (Å²) < 4.78 is 0. The summed E-state index contributed by atoms with van der Waals surface area (Å²) in [7, 11) is 0. The summed E-state index contributed by atoms with van der Waals surface area (Å²) in [6.07, 6.45) is 1.23. The van der Waals surface area contributed by atoms with Crippen LogP contribution in [0.3, 0.4) is 0 Å². The van der Waals surface area contributed by atoms with E-state index in [1.165, 1.54) is 17.4 Å².